The van der Waals surface area contributed by atoms with Crippen LogP contribution in [-0.4, -0.2) is 52.0 Å². The van der Waals surface area contributed by atoms with Gasteiger partial charge in [-0.15, -0.1) is 0 Å². The van der Waals surface area contributed by atoms with Crippen molar-refractivity contribution in [3.05, 3.63) is 0 Å². The van der Waals surface area contributed by atoms with E-state index in [1.807, 2.05) is 13.8 Å². The third-order valence-corrected chi connectivity index (χ3v) is 3.52. The largest absolute Gasteiger partial charge is 0.384 e. The minimum Gasteiger partial charge on any atom is -0.384 e. The lowest BCUT2D eigenvalue weighted by atomic mass is 9.78. The van der Waals surface area contributed by atoms with E-state index in [4.69, 9.17) is 9.47 Å². The maximum Gasteiger partial charge on any atom is 0.228 e. The molecule has 0 aromatic heterocycles. The van der Waals surface area contributed by atoms with Crippen LogP contribution in [0.5, 0.6) is 0 Å². The molecule has 0 aromatic rings. The molecule has 112 valence electrons. The number of amides is 1. The van der Waals surface area contributed by atoms with Crippen molar-refractivity contribution in [3.8, 4) is 0 Å². The molecule has 5 heteroatoms. The Morgan fingerprint density at radius 3 is 2.63 bits per heavy atom. The fraction of sp³-hybridized carbons (Fsp3) is 0.929. The lowest BCUT2D eigenvalue weighted by molar-refractivity contribution is -0.136. The molecular formula is C14H28N2O3. The summed E-state index contributed by atoms with van der Waals surface area (Å²) in [5.41, 5.74) is -0.348. The molecule has 19 heavy (non-hydrogen) atoms. The quantitative estimate of drug-likeness (QED) is 0.646. The van der Waals surface area contributed by atoms with Gasteiger partial charge in [0.2, 0.25) is 5.91 Å². The maximum atomic E-state index is 12.3. The zero-order valence-corrected chi connectivity index (χ0v) is 12.5. The van der Waals surface area contributed by atoms with Crippen molar-refractivity contribution >= 4 is 5.91 Å². The summed E-state index contributed by atoms with van der Waals surface area (Å²) in [6.07, 6.45) is 2.79. The van der Waals surface area contributed by atoms with Gasteiger partial charge in [-0.1, -0.05) is 0 Å². The predicted molar refractivity (Wildman–Crippen MR) is 75.1 cm³/mol. The second kappa shape index (κ2) is 8.51. The van der Waals surface area contributed by atoms with Crippen molar-refractivity contribution in [2.24, 2.45) is 5.41 Å². The highest BCUT2D eigenvalue weighted by atomic mass is 16.5. The molecule has 0 aromatic carbocycles. The molecule has 0 atom stereocenters. The molecule has 0 bridgehead atoms. The minimum absolute atomic E-state index is 0.125. The summed E-state index contributed by atoms with van der Waals surface area (Å²) in [6, 6.07) is 0. The molecule has 1 aliphatic heterocycles. The highest BCUT2D eigenvalue weighted by Crippen LogP contribution is 2.29. The molecule has 1 rings (SSSR count). The summed E-state index contributed by atoms with van der Waals surface area (Å²) in [5.74, 6) is 0.125. The predicted octanol–water partition coefficient (Wildman–Crippen LogP) is 0.934. The second-order valence-corrected chi connectivity index (χ2v) is 5.49. The molecule has 0 aliphatic carbocycles. The van der Waals surface area contributed by atoms with Crippen molar-refractivity contribution in [2.45, 2.75) is 39.2 Å². The van der Waals surface area contributed by atoms with E-state index in [9.17, 15) is 4.79 Å². The molecule has 1 heterocycles. The van der Waals surface area contributed by atoms with Crippen molar-refractivity contribution in [2.75, 3.05) is 40.0 Å². The molecule has 5 nitrogen and oxygen atoms in total. The van der Waals surface area contributed by atoms with Gasteiger partial charge in [-0.05, 0) is 46.2 Å². The first-order chi connectivity index (χ1) is 9.10. The van der Waals surface area contributed by atoms with Gasteiger partial charge in [0.05, 0.1) is 18.1 Å². The SMILES string of the molecule is COCC1(C(=O)NCCCOC(C)C)CCNCC1. The summed E-state index contributed by atoms with van der Waals surface area (Å²) in [7, 11) is 1.66. The lowest BCUT2D eigenvalue weighted by Gasteiger charge is -2.35. The summed E-state index contributed by atoms with van der Waals surface area (Å²) in [4.78, 5) is 12.3. The van der Waals surface area contributed by atoms with Gasteiger partial charge in [-0.25, -0.2) is 0 Å². The normalized spacial score (nSPS) is 18.5. The first kappa shape index (κ1) is 16.4. The van der Waals surface area contributed by atoms with Crippen LogP contribution >= 0.6 is 0 Å². The van der Waals surface area contributed by atoms with Gasteiger partial charge >= 0.3 is 0 Å². The topological polar surface area (TPSA) is 59.6 Å². The number of carbonyl (C=O) groups excluding carboxylic acids is 1. The van der Waals surface area contributed by atoms with Crippen LogP contribution in [0.3, 0.4) is 0 Å². The molecule has 1 amide bonds. The van der Waals surface area contributed by atoms with Gasteiger partial charge in [-0.3, -0.25) is 4.79 Å². The van der Waals surface area contributed by atoms with Crippen LogP contribution in [0.2, 0.25) is 0 Å². The number of rotatable bonds is 8. The second-order valence-electron chi connectivity index (χ2n) is 5.49. The maximum absolute atomic E-state index is 12.3. The summed E-state index contributed by atoms with van der Waals surface area (Å²) >= 11 is 0. The van der Waals surface area contributed by atoms with Crippen LogP contribution in [0.4, 0.5) is 0 Å². The Balaban J connectivity index is 2.32. The average molecular weight is 272 g/mol. The highest BCUT2D eigenvalue weighted by molar-refractivity contribution is 5.82. The number of piperidine rings is 1. The van der Waals surface area contributed by atoms with E-state index in [0.29, 0.717) is 19.8 Å². The first-order valence-corrected chi connectivity index (χ1v) is 7.20. The first-order valence-electron chi connectivity index (χ1n) is 7.20. The van der Waals surface area contributed by atoms with Crippen molar-refractivity contribution < 1.29 is 14.3 Å². The zero-order valence-electron chi connectivity index (χ0n) is 12.5. The van der Waals surface area contributed by atoms with E-state index in [0.717, 1.165) is 32.4 Å². The van der Waals surface area contributed by atoms with Gasteiger partial charge in [0, 0.05) is 20.3 Å². The van der Waals surface area contributed by atoms with Gasteiger partial charge in [0.25, 0.3) is 0 Å². The monoisotopic (exact) mass is 272 g/mol. The third-order valence-electron chi connectivity index (χ3n) is 3.52. The number of methoxy groups -OCH3 is 1. The van der Waals surface area contributed by atoms with Crippen LogP contribution in [0.1, 0.15) is 33.1 Å². The fourth-order valence-electron chi connectivity index (χ4n) is 2.40. The molecule has 1 aliphatic rings. The smallest absolute Gasteiger partial charge is 0.228 e. The van der Waals surface area contributed by atoms with E-state index < -0.39 is 0 Å². The molecule has 0 spiro atoms. The third kappa shape index (κ3) is 5.47. The molecule has 0 radical (unpaired) electrons. The Kier molecular flexibility index (Phi) is 7.34. The Labute approximate surface area is 116 Å². The van der Waals surface area contributed by atoms with E-state index in [1.165, 1.54) is 0 Å². The molecular weight excluding hydrogens is 244 g/mol. The summed E-state index contributed by atoms with van der Waals surface area (Å²) in [6.45, 7) is 7.66. The standard InChI is InChI=1S/C14H28N2O3/c1-12(2)19-10-4-7-16-13(17)14(11-18-3)5-8-15-9-6-14/h12,15H,4-11H2,1-3H3,(H,16,17). The number of nitrogens with one attached hydrogen (secondary N) is 2. The molecule has 1 fully saturated rings. The van der Waals surface area contributed by atoms with E-state index in [1.54, 1.807) is 7.11 Å². The van der Waals surface area contributed by atoms with E-state index in [-0.39, 0.29) is 17.4 Å². The minimum atomic E-state index is -0.348. The van der Waals surface area contributed by atoms with Crippen LogP contribution in [-0.2, 0) is 14.3 Å². The zero-order chi connectivity index (χ0) is 14.1. The van der Waals surface area contributed by atoms with Crippen LogP contribution < -0.4 is 10.6 Å². The summed E-state index contributed by atoms with van der Waals surface area (Å²) in [5, 5.41) is 6.31. The van der Waals surface area contributed by atoms with Gasteiger partial charge < -0.3 is 20.1 Å². The highest BCUT2D eigenvalue weighted by Gasteiger charge is 2.39. The van der Waals surface area contributed by atoms with Crippen LogP contribution in [0.15, 0.2) is 0 Å². The molecule has 0 unspecified atom stereocenters. The summed E-state index contributed by atoms with van der Waals surface area (Å²) < 4.78 is 10.7. The molecule has 0 saturated carbocycles. The molecule has 1 saturated heterocycles. The van der Waals surface area contributed by atoms with Crippen LogP contribution in [0.25, 0.3) is 0 Å². The van der Waals surface area contributed by atoms with Gasteiger partial charge in [-0.2, -0.15) is 0 Å². The fourth-order valence-corrected chi connectivity index (χ4v) is 2.40. The van der Waals surface area contributed by atoms with Gasteiger partial charge in [0.15, 0.2) is 0 Å². The Morgan fingerprint density at radius 2 is 2.05 bits per heavy atom. The lowest BCUT2D eigenvalue weighted by Crippen LogP contribution is -2.50. The van der Waals surface area contributed by atoms with Gasteiger partial charge in [0.1, 0.15) is 0 Å². The average Bonchev–Trinajstić information content (AvgIpc) is 2.39. The van der Waals surface area contributed by atoms with Crippen LogP contribution in [0, 0.1) is 5.41 Å². The Hall–Kier alpha value is -0.650. The van der Waals surface area contributed by atoms with Crippen molar-refractivity contribution in [3.63, 3.8) is 0 Å². The number of hydrogen-bond acceptors (Lipinski definition) is 4. The Morgan fingerprint density at radius 1 is 1.37 bits per heavy atom. The number of ether oxygens (including phenoxy) is 2. The Bertz CT molecular complexity index is 258. The van der Waals surface area contributed by atoms with Crippen molar-refractivity contribution in [1.29, 1.82) is 0 Å². The molecule has 2 N–H and O–H groups in total. The number of carbonyl (C=O) groups is 1. The number of hydrogen-bond donors (Lipinski definition) is 2. The van der Waals surface area contributed by atoms with E-state index in [2.05, 4.69) is 10.6 Å². The van der Waals surface area contributed by atoms with E-state index >= 15 is 0 Å². The van der Waals surface area contributed by atoms with Crippen molar-refractivity contribution in [1.82, 2.24) is 10.6 Å².